The van der Waals surface area contributed by atoms with Gasteiger partial charge in [0.25, 0.3) is 5.91 Å². The van der Waals surface area contributed by atoms with Gasteiger partial charge in [-0.05, 0) is 61.4 Å². The van der Waals surface area contributed by atoms with Crippen molar-refractivity contribution >= 4 is 39.1 Å². The van der Waals surface area contributed by atoms with E-state index in [1.165, 1.54) is 15.8 Å². The minimum Gasteiger partial charge on any atom is -0.361 e. The summed E-state index contributed by atoms with van der Waals surface area (Å²) < 4.78 is 0. The Kier molecular flexibility index (Phi) is 7.25. The molecule has 0 spiro atoms. The number of benzene rings is 2. The lowest BCUT2D eigenvalue weighted by atomic mass is 9.95. The molecule has 0 atom stereocenters. The normalized spacial score (nSPS) is 12.9. The van der Waals surface area contributed by atoms with Gasteiger partial charge in [0.15, 0.2) is 0 Å². The van der Waals surface area contributed by atoms with Gasteiger partial charge in [-0.25, -0.2) is 0 Å². The average molecular weight is 487 g/mol. The fraction of sp³-hybridized carbons (Fsp3) is 0.286. The van der Waals surface area contributed by atoms with Crippen molar-refractivity contribution in [3.63, 3.8) is 0 Å². The van der Waals surface area contributed by atoms with Crippen LogP contribution in [0.4, 0.5) is 5.00 Å². The van der Waals surface area contributed by atoms with Crippen molar-refractivity contribution in [1.82, 2.24) is 15.6 Å². The first kappa shape index (κ1) is 23.3. The van der Waals surface area contributed by atoms with Crippen molar-refractivity contribution < 1.29 is 9.59 Å². The van der Waals surface area contributed by atoms with E-state index in [0.717, 1.165) is 48.7 Å². The molecule has 6 nitrogen and oxygen atoms in total. The Bertz CT molecular complexity index is 1330. The van der Waals surface area contributed by atoms with Gasteiger partial charge in [0.1, 0.15) is 5.00 Å². The van der Waals surface area contributed by atoms with E-state index in [0.29, 0.717) is 23.7 Å². The molecular weight excluding hydrogens is 456 g/mol. The van der Waals surface area contributed by atoms with Crippen LogP contribution >= 0.6 is 11.3 Å². The van der Waals surface area contributed by atoms with Crippen molar-refractivity contribution in [3.8, 4) is 0 Å². The third-order valence-corrected chi connectivity index (χ3v) is 7.69. The number of carbonyl (C=O) groups is 2. The first-order valence-corrected chi connectivity index (χ1v) is 13.0. The first-order chi connectivity index (χ1) is 17.2. The number of H-pyrrole nitrogens is 1. The Labute approximate surface area is 209 Å². The second-order valence-electron chi connectivity index (χ2n) is 8.92. The summed E-state index contributed by atoms with van der Waals surface area (Å²) in [5.74, 6) is -0.240. The van der Waals surface area contributed by atoms with E-state index in [9.17, 15) is 9.59 Å². The molecule has 0 unspecified atom stereocenters. The van der Waals surface area contributed by atoms with Crippen LogP contribution in [-0.4, -0.2) is 29.9 Å². The molecule has 2 heterocycles. The number of aryl methyl sites for hydroxylation is 1. The van der Waals surface area contributed by atoms with E-state index >= 15 is 0 Å². The molecule has 35 heavy (non-hydrogen) atoms. The molecule has 0 bridgehead atoms. The number of nitrogens with one attached hydrogen (secondary N) is 4. The average Bonchev–Trinajstić information content (AvgIpc) is 3.47. The lowest BCUT2D eigenvalue weighted by Gasteiger charge is -2.13. The molecule has 0 saturated heterocycles. The highest BCUT2D eigenvalue weighted by Gasteiger charge is 2.26. The topological polar surface area (TPSA) is 86.0 Å². The number of carbonyl (C=O) groups excluding carboxylic acids is 2. The maximum Gasteiger partial charge on any atom is 0.254 e. The fourth-order valence-electron chi connectivity index (χ4n) is 4.69. The molecule has 5 rings (SSSR count). The van der Waals surface area contributed by atoms with Crippen molar-refractivity contribution in [2.45, 2.75) is 38.6 Å². The molecular formula is C28H30N4O2S. The zero-order chi connectivity index (χ0) is 24.0. The molecule has 0 aliphatic heterocycles. The van der Waals surface area contributed by atoms with Gasteiger partial charge in [0, 0.05) is 28.5 Å². The van der Waals surface area contributed by atoms with E-state index in [-0.39, 0.29) is 18.4 Å². The SMILES string of the molecule is O=C(CNCCc1c[nH]c2ccccc12)Nc1sc2c(c1C(=O)NCc1ccccc1)CCCC2. The number of amides is 2. The van der Waals surface area contributed by atoms with E-state index in [4.69, 9.17) is 0 Å². The van der Waals surface area contributed by atoms with Crippen LogP contribution in [-0.2, 0) is 30.6 Å². The smallest absolute Gasteiger partial charge is 0.254 e. The Balaban J connectivity index is 1.19. The minimum absolute atomic E-state index is 0.115. The summed E-state index contributed by atoms with van der Waals surface area (Å²) in [5, 5.41) is 11.2. The van der Waals surface area contributed by atoms with E-state index < -0.39 is 0 Å². The van der Waals surface area contributed by atoms with Gasteiger partial charge in [-0.2, -0.15) is 0 Å². The summed E-state index contributed by atoms with van der Waals surface area (Å²) in [4.78, 5) is 30.4. The van der Waals surface area contributed by atoms with Crippen LogP contribution in [0, 0.1) is 0 Å². The monoisotopic (exact) mass is 486 g/mol. The van der Waals surface area contributed by atoms with Crippen LogP contribution in [0.3, 0.4) is 0 Å². The van der Waals surface area contributed by atoms with Gasteiger partial charge in [-0.1, -0.05) is 48.5 Å². The van der Waals surface area contributed by atoms with Crippen LogP contribution in [0.2, 0.25) is 0 Å². The number of anilines is 1. The fourth-order valence-corrected chi connectivity index (χ4v) is 6.00. The number of aromatic amines is 1. The summed E-state index contributed by atoms with van der Waals surface area (Å²) in [6.07, 6.45) is 6.92. The summed E-state index contributed by atoms with van der Waals surface area (Å²) in [7, 11) is 0. The molecule has 0 radical (unpaired) electrons. The van der Waals surface area contributed by atoms with Gasteiger partial charge in [-0.3, -0.25) is 9.59 Å². The van der Waals surface area contributed by atoms with Crippen molar-refractivity contribution in [1.29, 1.82) is 0 Å². The molecule has 1 aliphatic rings. The molecule has 2 aromatic carbocycles. The van der Waals surface area contributed by atoms with Crippen LogP contribution in [0.15, 0.2) is 60.8 Å². The van der Waals surface area contributed by atoms with Crippen LogP contribution in [0.1, 0.15) is 44.8 Å². The summed E-state index contributed by atoms with van der Waals surface area (Å²) in [6, 6.07) is 18.1. The van der Waals surface area contributed by atoms with Gasteiger partial charge in [-0.15, -0.1) is 11.3 Å². The highest BCUT2D eigenvalue weighted by molar-refractivity contribution is 7.17. The van der Waals surface area contributed by atoms with E-state index in [1.807, 2.05) is 48.7 Å². The number of aromatic nitrogens is 1. The predicted octanol–water partition coefficient (Wildman–Crippen LogP) is 4.81. The second-order valence-corrected chi connectivity index (χ2v) is 10.0. The third kappa shape index (κ3) is 5.47. The Morgan fingerprint density at radius 2 is 1.77 bits per heavy atom. The second kappa shape index (κ2) is 10.9. The largest absolute Gasteiger partial charge is 0.361 e. The van der Waals surface area contributed by atoms with Crippen molar-refractivity contribution in [2.75, 3.05) is 18.4 Å². The van der Waals surface area contributed by atoms with Gasteiger partial charge >= 0.3 is 0 Å². The molecule has 7 heteroatoms. The molecule has 0 saturated carbocycles. The molecule has 180 valence electrons. The predicted molar refractivity (Wildman–Crippen MR) is 142 cm³/mol. The lowest BCUT2D eigenvalue weighted by molar-refractivity contribution is -0.115. The first-order valence-electron chi connectivity index (χ1n) is 12.2. The molecule has 0 fully saturated rings. The number of hydrogen-bond acceptors (Lipinski definition) is 4. The number of thiophene rings is 1. The van der Waals surface area contributed by atoms with Crippen LogP contribution in [0.5, 0.6) is 0 Å². The Hall–Kier alpha value is -3.42. The van der Waals surface area contributed by atoms with E-state index in [2.05, 4.69) is 33.1 Å². The van der Waals surface area contributed by atoms with Gasteiger partial charge < -0.3 is 20.9 Å². The Morgan fingerprint density at radius 3 is 2.66 bits per heavy atom. The molecule has 2 aromatic heterocycles. The molecule has 4 aromatic rings. The summed E-state index contributed by atoms with van der Waals surface area (Å²) >= 11 is 1.55. The highest BCUT2D eigenvalue weighted by atomic mass is 32.1. The quantitative estimate of drug-likeness (QED) is 0.256. The lowest BCUT2D eigenvalue weighted by Crippen LogP contribution is -2.30. The maximum absolute atomic E-state index is 13.2. The van der Waals surface area contributed by atoms with E-state index in [1.54, 1.807) is 11.3 Å². The van der Waals surface area contributed by atoms with Gasteiger partial charge in [0.2, 0.25) is 5.91 Å². The minimum atomic E-state index is -0.125. The maximum atomic E-state index is 13.2. The number of para-hydroxylation sites is 1. The number of fused-ring (bicyclic) bond motifs is 2. The third-order valence-electron chi connectivity index (χ3n) is 6.48. The van der Waals surface area contributed by atoms with Crippen LogP contribution < -0.4 is 16.0 Å². The summed E-state index contributed by atoms with van der Waals surface area (Å²) in [5.41, 5.74) is 5.16. The standard InChI is InChI=1S/C28H30N4O2S/c33-25(18-29-15-14-20-17-30-23-12-6-4-10-21(20)23)32-28-26(22-11-5-7-13-24(22)35-28)27(34)31-16-19-8-2-1-3-9-19/h1-4,6,8-10,12,17,29-30H,5,7,11,13-16,18H2,(H,31,34)(H,32,33). The van der Waals surface area contributed by atoms with Crippen molar-refractivity contribution in [2.24, 2.45) is 0 Å². The highest BCUT2D eigenvalue weighted by Crippen LogP contribution is 2.38. The molecule has 4 N–H and O–H groups in total. The zero-order valence-electron chi connectivity index (χ0n) is 19.7. The van der Waals surface area contributed by atoms with Crippen molar-refractivity contribution in [3.05, 3.63) is 87.9 Å². The summed E-state index contributed by atoms with van der Waals surface area (Å²) in [6.45, 7) is 1.36. The van der Waals surface area contributed by atoms with Crippen LogP contribution in [0.25, 0.3) is 10.9 Å². The molecule has 1 aliphatic carbocycles. The number of hydrogen-bond donors (Lipinski definition) is 4. The molecule has 2 amide bonds. The number of rotatable bonds is 9. The van der Waals surface area contributed by atoms with Gasteiger partial charge in [0.05, 0.1) is 12.1 Å². The zero-order valence-corrected chi connectivity index (χ0v) is 20.5. The Morgan fingerprint density at radius 1 is 0.971 bits per heavy atom.